The number of rotatable bonds is 6. The maximum Gasteiger partial charge on any atom is 0.188 e. The summed E-state index contributed by atoms with van der Waals surface area (Å²) in [7, 11) is 0. The zero-order valence-electron chi connectivity index (χ0n) is 15.4. The predicted molar refractivity (Wildman–Crippen MR) is 107 cm³/mol. The van der Waals surface area contributed by atoms with E-state index in [1.165, 1.54) is 0 Å². The van der Waals surface area contributed by atoms with Gasteiger partial charge in [-0.2, -0.15) is 15.3 Å². The topological polar surface area (TPSA) is 105 Å². The first-order chi connectivity index (χ1) is 14.3. The molecular weight excluding hydrogens is 366 g/mol. The second kappa shape index (κ2) is 7.16. The lowest BCUT2D eigenvalue weighted by Crippen LogP contribution is -2.04. The number of hydrogen-bond donors (Lipinski definition) is 2. The van der Waals surface area contributed by atoms with Gasteiger partial charge in [0, 0.05) is 36.0 Å². The number of Topliss-reactive ketones (excluding diaryl/α,β-unsaturated/α-hetero) is 1. The lowest BCUT2D eigenvalue weighted by molar-refractivity contribution is 0.0989. The summed E-state index contributed by atoms with van der Waals surface area (Å²) in [5, 5.41) is 19.1. The number of nitrogens with zero attached hydrogens (tertiary/aromatic N) is 5. The van der Waals surface area contributed by atoms with Crippen LogP contribution in [0.1, 0.15) is 21.7 Å². The molecular formula is C21H17N7O. The SMILES string of the molecule is O=C(Cc1cnn(Cc2ccccn2)c1)c1n[nH]c2cc(-c3cn[nH]c3)ccc12. The Morgan fingerprint density at radius 3 is 2.90 bits per heavy atom. The van der Waals surface area contributed by atoms with Gasteiger partial charge in [-0.3, -0.25) is 24.7 Å². The Balaban J connectivity index is 1.34. The maximum absolute atomic E-state index is 12.8. The Morgan fingerprint density at radius 2 is 2.07 bits per heavy atom. The number of ketones is 1. The molecule has 8 nitrogen and oxygen atoms in total. The third kappa shape index (κ3) is 3.43. The summed E-state index contributed by atoms with van der Waals surface area (Å²) in [4.78, 5) is 17.1. The van der Waals surface area contributed by atoms with Gasteiger partial charge in [0.05, 0.1) is 30.1 Å². The molecule has 0 saturated heterocycles. The minimum Gasteiger partial charge on any atom is -0.292 e. The highest BCUT2D eigenvalue weighted by Crippen LogP contribution is 2.25. The predicted octanol–water partition coefficient (Wildman–Crippen LogP) is 3.02. The largest absolute Gasteiger partial charge is 0.292 e. The van der Waals surface area contributed by atoms with E-state index in [1.54, 1.807) is 23.3 Å². The Bertz CT molecular complexity index is 1270. The molecule has 4 aromatic heterocycles. The van der Waals surface area contributed by atoms with Crippen LogP contribution in [0, 0.1) is 0 Å². The molecule has 2 N–H and O–H groups in total. The minimum absolute atomic E-state index is 0.0512. The van der Waals surface area contributed by atoms with E-state index < -0.39 is 0 Å². The molecule has 5 rings (SSSR count). The zero-order chi connectivity index (χ0) is 19.6. The van der Waals surface area contributed by atoms with Crippen LogP contribution in [0.3, 0.4) is 0 Å². The van der Waals surface area contributed by atoms with Crippen LogP contribution in [0.5, 0.6) is 0 Å². The fourth-order valence-electron chi connectivity index (χ4n) is 3.33. The number of pyridine rings is 1. The summed E-state index contributed by atoms with van der Waals surface area (Å²) in [5.74, 6) is -0.0512. The number of nitrogens with one attached hydrogen (secondary N) is 2. The van der Waals surface area contributed by atoms with Gasteiger partial charge in [0.2, 0.25) is 0 Å². The van der Waals surface area contributed by atoms with Gasteiger partial charge in [-0.1, -0.05) is 12.1 Å². The number of fused-ring (bicyclic) bond motifs is 1. The highest BCUT2D eigenvalue weighted by molar-refractivity contribution is 6.07. The lowest BCUT2D eigenvalue weighted by atomic mass is 10.0. The van der Waals surface area contributed by atoms with Crippen molar-refractivity contribution in [2.75, 3.05) is 0 Å². The van der Waals surface area contributed by atoms with E-state index in [0.717, 1.165) is 33.3 Å². The lowest BCUT2D eigenvalue weighted by Gasteiger charge is -2.00. The first-order valence-corrected chi connectivity index (χ1v) is 9.18. The van der Waals surface area contributed by atoms with Crippen molar-refractivity contribution >= 4 is 16.7 Å². The monoisotopic (exact) mass is 383 g/mol. The van der Waals surface area contributed by atoms with Crippen molar-refractivity contribution < 1.29 is 4.79 Å². The average molecular weight is 383 g/mol. The molecule has 29 heavy (non-hydrogen) atoms. The molecule has 0 aliphatic heterocycles. The number of aromatic amines is 2. The molecule has 1 aromatic carbocycles. The first-order valence-electron chi connectivity index (χ1n) is 9.18. The quantitative estimate of drug-likeness (QED) is 0.439. The summed E-state index contributed by atoms with van der Waals surface area (Å²) in [6, 6.07) is 11.6. The molecule has 0 amide bonds. The Morgan fingerprint density at radius 1 is 1.10 bits per heavy atom. The molecule has 0 unspecified atom stereocenters. The Labute approximate surface area is 165 Å². The molecule has 142 valence electrons. The minimum atomic E-state index is -0.0512. The molecule has 0 radical (unpaired) electrons. The van der Waals surface area contributed by atoms with Crippen molar-refractivity contribution in [1.82, 2.24) is 35.2 Å². The van der Waals surface area contributed by atoms with Crippen LogP contribution in [0.4, 0.5) is 0 Å². The van der Waals surface area contributed by atoms with Gasteiger partial charge in [0.15, 0.2) is 5.78 Å². The fraction of sp³-hybridized carbons (Fsp3) is 0.0952. The molecule has 0 spiro atoms. The van der Waals surface area contributed by atoms with Crippen molar-refractivity contribution in [3.63, 3.8) is 0 Å². The van der Waals surface area contributed by atoms with Gasteiger partial charge in [0.1, 0.15) is 5.69 Å². The number of carbonyl (C=O) groups is 1. The molecule has 0 aliphatic carbocycles. The molecule has 0 aliphatic rings. The number of benzene rings is 1. The number of aromatic nitrogens is 7. The Kier molecular flexibility index (Phi) is 4.21. The number of carbonyl (C=O) groups excluding carboxylic acids is 1. The molecule has 0 bridgehead atoms. The molecule has 8 heteroatoms. The van der Waals surface area contributed by atoms with E-state index >= 15 is 0 Å². The molecule has 5 aromatic rings. The van der Waals surface area contributed by atoms with E-state index in [4.69, 9.17) is 0 Å². The van der Waals surface area contributed by atoms with Gasteiger partial charge in [-0.05, 0) is 35.4 Å². The van der Waals surface area contributed by atoms with Crippen molar-refractivity contribution in [1.29, 1.82) is 0 Å². The third-order valence-electron chi connectivity index (χ3n) is 4.76. The van der Waals surface area contributed by atoms with Gasteiger partial charge in [-0.25, -0.2) is 0 Å². The molecule has 0 saturated carbocycles. The van der Waals surface area contributed by atoms with Crippen molar-refractivity contribution in [3.8, 4) is 11.1 Å². The van der Waals surface area contributed by atoms with Gasteiger partial charge in [0.25, 0.3) is 0 Å². The highest BCUT2D eigenvalue weighted by atomic mass is 16.1. The number of hydrogen-bond acceptors (Lipinski definition) is 5. The molecule has 4 heterocycles. The second-order valence-electron chi connectivity index (χ2n) is 6.79. The second-order valence-corrected chi connectivity index (χ2v) is 6.79. The molecule has 0 atom stereocenters. The van der Waals surface area contributed by atoms with E-state index in [-0.39, 0.29) is 12.2 Å². The summed E-state index contributed by atoms with van der Waals surface area (Å²) in [5.41, 5.74) is 5.01. The summed E-state index contributed by atoms with van der Waals surface area (Å²) in [6.45, 7) is 0.567. The summed E-state index contributed by atoms with van der Waals surface area (Å²) in [6.07, 6.45) is 9.17. The van der Waals surface area contributed by atoms with Gasteiger partial charge < -0.3 is 0 Å². The zero-order valence-corrected chi connectivity index (χ0v) is 15.4. The van der Waals surface area contributed by atoms with E-state index in [9.17, 15) is 4.79 Å². The Hall–Kier alpha value is -4.07. The number of H-pyrrole nitrogens is 2. The first kappa shape index (κ1) is 17.1. The van der Waals surface area contributed by atoms with Crippen LogP contribution < -0.4 is 0 Å². The normalized spacial score (nSPS) is 11.2. The van der Waals surface area contributed by atoms with Crippen LogP contribution in [0.15, 0.2) is 67.4 Å². The third-order valence-corrected chi connectivity index (χ3v) is 4.76. The average Bonchev–Trinajstić information content (AvgIpc) is 3.49. The van der Waals surface area contributed by atoms with Crippen LogP contribution in [-0.4, -0.2) is 40.9 Å². The summed E-state index contributed by atoms with van der Waals surface area (Å²) < 4.78 is 1.78. The van der Waals surface area contributed by atoms with Gasteiger partial charge in [-0.15, -0.1) is 0 Å². The van der Waals surface area contributed by atoms with E-state index in [0.29, 0.717) is 12.2 Å². The van der Waals surface area contributed by atoms with Crippen LogP contribution in [0.2, 0.25) is 0 Å². The van der Waals surface area contributed by atoms with Crippen molar-refractivity contribution in [2.24, 2.45) is 0 Å². The van der Waals surface area contributed by atoms with Crippen LogP contribution in [-0.2, 0) is 13.0 Å². The van der Waals surface area contributed by atoms with E-state index in [2.05, 4.69) is 30.5 Å². The van der Waals surface area contributed by atoms with E-state index in [1.807, 2.05) is 48.8 Å². The smallest absolute Gasteiger partial charge is 0.188 e. The van der Waals surface area contributed by atoms with Crippen molar-refractivity contribution in [3.05, 3.63) is 84.3 Å². The van der Waals surface area contributed by atoms with Crippen LogP contribution >= 0.6 is 0 Å². The highest BCUT2D eigenvalue weighted by Gasteiger charge is 2.16. The summed E-state index contributed by atoms with van der Waals surface area (Å²) >= 11 is 0. The van der Waals surface area contributed by atoms with Crippen LogP contribution in [0.25, 0.3) is 22.0 Å². The standard InChI is InChI=1S/C21H17N7O/c29-20(7-14-9-25-28(12-14)13-17-3-1-2-6-22-17)21-18-5-4-15(8-19(18)26-27-21)16-10-23-24-11-16/h1-6,8-12H,7,13H2,(H,23,24)(H,26,27). The van der Waals surface area contributed by atoms with Gasteiger partial charge >= 0.3 is 0 Å². The van der Waals surface area contributed by atoms with Crippen molar-refractivity contribution in [2.45, 2.75) is 13.0 Å². The molecule has 0 fully saturated rings. The fourth-order valence-corrected chi connectivity index (χ4v) is 3.33. The maximum atomic E-state index is 12.8.